The Morgan fingerprint density at radius 1 is 1.11 bits per heavy atom. The van der Waals surface area contributed by atoms with Crippen molar-refractivity contribution >= 4 is 5.96 Å². The van der Waals surface area contributed by atoms with E-state index in [4.69, 9.17) is 4.74 Å². The van der Waals surface area contributed by atoms with Crippen LogP contribution in [-0.4, -0.2) is 45.2 Å². The SMILES string of the molecule is CN=C(NCc1ccc(F)c(C)c1)NCc1ccccc1OCCN(C)C. The zero-order valence-corrected chi connectivity index (χ0v) is 16.6. The Labute approximate surface area is 161 Å². The minimum atomic E-state index is -0.188. The van der Waals surface area contributed by atoms with Crippen LogP contribution in [0.25, 0.3) is 0 Å². The van der Waals surface area contributed by atoms with Crippen molar-refractivity contribution in [3.8, 4) is 5.75 Å². The highest BCUT2D eigenvalue weighted by Gasteiger charge is 2.06. The molecule has 27 heavy (non-hydrogen) atoms. The molecule has 0 aliphatic rings. The smallest absolute Gasteiger partial charge is 0.191 e. The molecule has 6 heteroatoms. The highest BCUT2D eigenvalue weighted by Crippen LogP contribution is 2.17. The van der Waals surface area contributed by atoms with Gasteiger partial charge >= 0.3 is 0 Å². The molecule has 5 nitrogen and oxygen atoms in total. The summed E-state index contributed by atoms with van der Waals surface area (Å²) in [6, 6.07) is 13.1. The zero-order chi connectivity index (χ0) is 19.6. The first kappa shape index (κ1) is 20.7. The van der Waals surface area contributed by atoms with Gasteiger partial charge in [0.15, 0.2) is 5.96 Å². The average Bonchev–Trinajstić information content (AvgIpc) is 2.65. The quantitative estimate of drug-likeness (QED) is 0.553. The van der Waals surface area contributed by atoms with E-state index in [-0.39, 0.29) is 5.82 Å². The summed E-state index contributed by atoms with van der Waals surface area (Å²) >= 11 is 0. The number of rotatable bonds is 8. The molecule has 0 saturated carbocycles. The number of hydrogen-bond acceptors (Lipinski definition) is 3. The second-order valence-electron chi connectivity index (χ2n) is 6.62. The van der Waals surface area contributed by atoms with Gasteiger partial charge in [0.2, 0.25) is 0 Å². The minimum absolute atomic E-state index is 0.188. The molecule has 0 fully saturated rings. The summed E-state index contributed by atoms with van der Waals surface area (Å²) in [6.45, 7) is 4.43. The molecule has 0 aromatic heterocycles. The van der Waals surface area contributed by atoms with Crippen LogP contribution in [0.3, 0.4) is 0 Å². The second kappa shape index (κ2) is 10.5. The summed E-state index contributed by atoms with van der Waals surface area (Å²) in [4.78, 5) is 6.33. The number of nitrogens with one attached hydrogen (secondary N) is 2. The molecule has 0 amide bonds. The predicted molar refractivity (Wildman–Crippen MR) is 109 cm³/mol. The fourth-order valence-corrected chi connectivity index (χ4v) is 2.53. The molecule has 0 atom stereocenters. The maximum atomic E-state index is 13.4. The van der Waals surface area contributed by atoms with Crippen LogP contribution in [0.15, 0.2) is 47.5 Å². The Hall–Kier alpha value is -2.60. The molecule has 2 N–H and O–H groups in total. The van der Waals surface area contributed by atoms with Crippen LogP contribution < -0.4 is 15.4 Å². The Balaban J connectivity index is 1.89. The molecule has 0 bridgehead atoms. The van der Waals surface area contributed by atoms with E-state index in [1.165, 1.54) is 6.07 Å². The van der Waals surface area contributed by atoms with Crippen LogP contribution in [-0.2, 0) is 13.1 Å². The van der Waals surface area contributed by atoms with Crippen molar-refractivity contribution < 1.29 is 9.13 Å². The van der Waals surface area contributed by atoms with Gasteiger partial charge in [-0.3, -0.25) is 4.99 Å². The Kier molecular flexibility index (Phi) is 8.07. The molecule has 0 radical (unpaired) electrons. The van der Waals surface area contributed by atoms with Crippen molar-refractivity contribution in [3.63, 3.8) is 0 Å². The van der Waals surface area contributed by atoms with Gasteiger partial charge in [-0.05, 0) is 44.3 Å². The fraction of sp³-hybridized carbons (Fsp3) is 0.381. The van der Waals surface area contributed by atoms with Gasteiger partial charge in [0.25, 0.3) is 0 Å². The summed E-state index contributed by atoms with van der Waals surface area (Å²) in [5.41, 5.74) is 2.71. The molecule has 2 aromatic rings. The lowest BCUT2D eigenvalue weighted by atomic mass is 10.1. The summed E-state index contributed by atoms with van der Waals surface area (Å²) in [6.07, 6.45) is 0. The van der Waals surface area contributed by atoms with Crippen molar-refractivity contribution in [1.82, 2.24) is 15.5 Å². The van der Waals surface area contributed by atoms with Crippen molar-refractivity contribution in [2.24, 2.45) is 4.99 Å². The van der Waals surface area contributed by atoms with Crippen LogP contribution >= 0.6 is 0 Å². The van der Waals surface area contributed by atoms with Gasteiger partial charge < -0.3 is 20.3 Å². The first-order valence-corrected chi connectivity index (χ1v) is 9.04. The van der Waals surface area contributed by atoms with Crippen LogP contribution in [0.5, 0.6) is 5.75 Å². The molecule has 0 heterocycles. The van der Waals surface area contributed by atoms with E-state index in [9.17, 15) is 4.39 Å². The van der Waals surface area contributed by atoms with Crippen molar-refractivity contribution in [2.75, 3.05) is 34.3 Å². The number of likely N-dealkylation sites (N-methyl/N-ethyl adjacent to an activating group) is 1. The molecular weight excluding hydrogens is 343 g/mol. The lowest BCUT2D eigenvalue weighted by Crippen LogP contribution is -2.36. The highest BCUT2D eigenvalue weighted by molar-refractivity contribution is 5.79. The normalized spacial score (nSPS) is 11.6. The third-order valence-corrected chi connectivity index (χ3v) is 4.12. The number of aryl methyl sites for hydroxylation is 1. The fourth-order valence-electron chi connectivity index (χ4n) is 2.53. The molecule has 146 valence electrons. The summed E-state index contributed by atoms with van der Waals surface area (Å²) in [5.74, 6) is 1.36. The number of para-hydroxylation sites is 1. The van der Waals surface area contributed by atoms with E-state index in [1.54, 1.807) is 20.0 Å². The molecule has 2 rings (SSSR count). The first-order chi connectivity index (χ1) is 13.0. The number of hydrogen-bond donors (Lipinski definition) is 2. The Bertz CT molecular complexity index is 762. The number of aliphatic imine (C=N–C) groups is 1. The number of guanidine groups is 1. The van der Waals surface area contributed by atoms with E-state index >= 15 is 0 Å². The number of benzene rings is 2. The van der Waals surface area contributed by atoms with E-state index in [0.717, 1.165) is 23.4 Å². The Morgan fingerprint density at radius 2 is 1.85 bits per heavy atom. The van der Waals surface area contributed by atoms with Crippen LogP contribution in [0, 0.1) is 12.7 Å². The van der Waals surface area contributed by atoms with Gasteiger partial charge in [0.05, 0.1) is 0 Å². The Morgan fingerprint density at radius 3 is 2.56 bits per heavy atom. The van der Waals surface area contributed by atoms with Gasteiger partial charge in [-0.25, -0.2) is 4.39 Å². The van der Waals surface area contributed by atoms with Gasteiger partial charge in [-0.1, -0.05) is 30.3 Å². The summed E-state index contributed by atoms with van der Waals surface area (Å²) < 4.78 is 19.3. The third kappa shape index (κ3) is 6.90. The third-order valence-electron chi connectivity index (χ3n) is 4.12. The maximum Gasteiger partial charge on any atom is 0.191 e. The van der Waals surface area contributed by atoms with Gasteiger partial charge in [0, 0.05) is 32.2 Å². The van der Waals surface area contributed by atoms with Crippen molar-refractivity contribution in [1.29, 1.82) is 0 Å². The van der Waals surface area contributed by atoms with Crippen molar-refractivity contribution in [3.05, 3.63) is 65.0 Å². The van der Waals surface area contributed by atoms with Crippen LogP contribution in [0.4, 0.5) is 4.39 Å². The van der Waals surface area contributed by atoms with E-state index in [1.807, 2.05) is 44.4 Å². The lowest BCUT2D eigenvalue weighted by Gasteiger charge is -2.16. The summed E-state index contributed by atoms with van der Waals surface area (Å²) in [5, 5.41) is 6.55. The van der Waals surface area contributed by atoms with Crippen molar-refractivity contribution in [2.45, 2.75) is 20.0 Å². The second-order valence-corrected chi connectivity index (χ2v) is 6.62. The van der Waals surface area contributed by atoms with E-state index < -0.39 is 0 Å². The van der Waals surface area contributed by atoms with Gasteiger partial charge in [-0.15, -0.1) is 0 Å². The van der Waals surface area contributed by atoms with E-state index in [2.05, 4.69) is 20.5 Å². The number of ether oxygens (including phenoxy) is 1. The molecule has 0 saturated heterocycles. The molecule has 0 aliphatic carbocycles. The largest absolute Gasteiger partial charge is 0.492 e. The van der Waals surface area contributed by atoms with E-state index in [0.29, 0.717) is 31.2 Å². The molecule has 0 unspecified atom stereocenters. The van der Waals surface area contributed by atoms with Crippen LogP contribution in [0.1, 0.15) is 16.7 Å². The lowest BCUT2D eigenvalue weighted by molar-refractivity contribution is 0.259. The number of nitrogens with zero attached hydrogens (tertiary/aromatic N) is 2. The predicted octanol–water partition coefficient (Wildman–Crippen LogP) is 2.94. The standard InChI is InChI=1S/C21H29FN4O/c1-16-13-17(9-10-19(16)22)14-24-21(23-2)25-15-18-7-5-6-8-20(18)27-12-11-26(3)4/h5-10,13H,11-12,14-15H2,1-4H3,(H2,23,24,25). The maximum absolute atomic E-state index is 13.4. The van der Waals surface area contributed by atoms with Crippen LogP contribution in [0.2, 0.25) is 0 Å². The average molecular weight is 372 g/mol. The molecular formula is C21H29FN4O. The van der Waals surface area contributed by atoms with Gasteiger partial charge in [-0.2, -0.15) is 0 Å². The number of halogens is 1. The monoisotopic (exact) mass is 372 g/mol. The topological polar surface area (TPSA) is 48.9 Å². The zero-order valence-electron chi connectivity index (χ0n) is 16.6. The van der Waals surface area contributed by atoms with Gasteiger partial charge in [0.1, 0.15) is 18.2 Å². The molecule has 2 aromatic carbocycles. The highest BCUT2D eigenvalue weighted by atomic mass is 19.1. The molecule has 0 spiro atoms. The molecule has 0 aliphatic heterocycles. The summed E-state index contributed by atoms with van der Waals surface area (Å²) in [7, 11) is 5.77. The first-order valence-electron chi connectivity index (χ1n) is 9.04. The minimum Gasteiger partial charge on any atom is -0.492 e.